The van der Waals surface area contributed by atoms with E-state index in [1.54, 1.807) is 0 Å². The first-order valence-corrected chi connectivity index (χ1v) is 9.29. The van der Waals surface area contributed by atoms with Gasteiger partial charge in [-0.15, -0.1) is 0 Å². The number of cyclic esters (lactones) is 1. The van der Waals surface area contributed by atoms with Gasteiger partial charge in [0.05, 0.1) is 12.5 Å². The van der Waals surface area contributed by atoms with Crippen molar-refractivity contribution in [3.05, 3.63) is 30.3 Å². The molecule has 1 aromatic carbocycles. The summed E-state index contributed by atoms with van der Waals surface area (Å²) in [6.07, 6.45) is 10.9. The van der Waals surface area contributed by atoms with Crippen molar-refractivity contribution >= 4 is 11.7 Å². The molecule has 23 heavy (non-hydrogen) atoms. The van der Waals surface area contributed by atoms with Crippen molar-refractivity contribution in [2.45, 2.75) is 70.8 Å². The standard InChI is InChI=1S/C20H31NO2/c1-2-3-4-5-6-7-9-12-17-15-19(23-20(17)22)16-21-18-13-10-8-11-14-18/h8,10-11,13-14,17,19,21H,2-7,9,12,15-16H2,1H3. The fourth-order valence-electron chi connectivity index (χ4n) is 3.22. The van der Waals surface area contributed by atoms with Crippen LogP contribution in [0.2, 0.25) is 0 Å². The first kappa shape index (κ1) is 17.8. The summed E-state index contributed by atoms with van der Waals surface area (Å²) in [6.45, 7) is 2.96. The number of para-hydroxylation sites is 1. The molecule has 0 aromatic heterocycles. The van der Waals surface area contributed by atoms with Crippen molar-refractivity contribution in [1.29, 1.82) is 0 Å². The zero-order valence-electron chi connectivity index (χ0n) is 14.4. The Morgan fingerprint density at radius 3 is 2.48 bits per heavy atom. The maximum absolute atomic E-state index is 12.0. The van der Waals surface area contributed by atoms with Gasteiger partial charge in [-0.2, -0.15) is 0 Å². The van der Waals surface area contributed by atoms with Gasteiger partial charge in [-0.05, 0) is 25.0 Å². The zero-order chi connectivity index (χ0) is 16.3. The second-order valence-corrected chi connectivity index (χ2v) is 6.65. The molecular formula is C20H31NO2. The number of carbonyl (C=O) groups is 1. The Balaban J connectivity index is 1.57. The lowest BCUT2D eigenvalue weighted by Crippen LogP contribution is -2.19. The van der Waals surface area contributed by atoms with Gasteiger partial charge >= 0.3 is 5.97 Å². The molecule has 0 spiro atoms. The van der Waals surface area contributed by atoms with Crippen LogP contribution in [0, 0.1) is 5.92 Å². The molecule has 3 heteroatoms. The molecule has 0 aliphatic carbocycles. The molecular weight excluding hydrogens is 286 g/mol. The number of ether oxygens (including phenoxy) is 1. The normalized spacial score (nSPS) is 20.5. The van der Waals surface area contributed by atoms with Crippen LogP contribution in [0.3, 0.4) is 0 Å². The zero-order valence-corrected chi connectivity index (χ0v) is 14.4. The van der Waals surface area contributed by atoms with E-state index in [0.717, 1.165) is 24.9 Å². The molecule has 2 rings (SSSR count). The highest BCUT2D eigenvalue weighted by molar-refractivity contribution is 5.74. The van der Waals surface area contributed by atoms with E-state index >= 15 is 0 Å². The number of hydrogen-bond acceptors (Lipinski definition) is 3. The molecule has 1 aromatic rings. The van der Waals surface area contributed by atoms with E-state index < -0.39 is 0 Å². The molecule has 1 fully saturated rings. The number of anilines is 1. The summed E-state index contributed by atoms with van der Waals surface area (Å²) in [7, 11) is 0. The van der Waals surface area contributed by atoms with Crippen LogP contribution in [0.15, 0.2) is 30.3 Å². The molecule has 0 radical (unpaired) electrons. The number of benzene rings is 1. The molecule has 1 N–H and O–H groups in total. The topological polar surface area (TPSA) is 38.3 Å². The van der Waals surface area contributed by atoms with Gasteiger partial charge < -0.3 is 10.1 Å². The first-order chi connectivity index (χ1) is 11.3. The van der Waals surface area contributed by atoms with E-state index in [-0.39, 0.29) is 18.0 Å². The van der Waals surface area contributed by atoms with Crippen LogP contribution >= 0.6 is 0 Å². The molecule has 1 aliphatic rings. The maximum atomic E-state index is 12.0. The van der Waals surface area contributed by atoms with Crippen molar-refractivity contribution in [2.75, 3.05) is 11.9 Å². The monoisotopic (exact) mass is 317 g/mol. The van der Waals surface area contributed by atoms with E-state index in [0.29, 0.717) is 6.54 Å². The summed E-state index contributed by atoms with van der Waals surface area (Å²) in [5, 5.41) is 3.35. The molecule has 0 saturated carbocycles. The minimum absolute atomic E-state index is 0.0100. The van der Waals surface area contributed by atoms with Gasteiger partial charge in [0.2, 0.25) is 0 Å². The van der Waals surface area contributed by atoms with E-state index in [2.05, 4.69) is 12.2 Å². The fourth-order valence-corrected chi connectivity index (χ4v) is 3.22. The number of nitrogens with one attached hydrogen (secondary N) is 1. The number of carbonyl (C=O) groups excluding carboxylic acids is 1. The van der Waals surface area contributed by atoms with Gasteiger partial charge in [-0.25, -0.2) is 0 Å². The van der Waals surface area contributed by atoms with Crippen LogP contribution in [0.25, 0.3) is 0 Å². The number of rotatable bonds is 11. The van der Waals surface area contributed by atoms with Crippen LogP contribution in [0.1, 0.15) is 64.7 Å². The van der Waals surface area contributed by atoms with E-state index in [9.17, 15) is 4.79 Å². The third-order valence-corrected chi connectivity index (χ3v) is 4.63. The Kier molecular flexibility index (Phi) is 7.99. The van der Waals surface area contributed by atoms with Crippen LogP contribution < -0.4 is 5.32 Å². The third-order valence-electron chi connectivity index (χ3n) is 4.63. The van der Waals surface area contributed by atoms with E-state index in [4.69, 9.17) is 4.74 Å². The van der Waals surface area contributed by atoms with Crippen molar-refractivity contribution in [2.24, 2.45) is 5.92 Å². The number of unbranched alkanes of at least 4 members (excludes halogenated alkanes) is 6. The summed E-state index contributed by atoms with van der Waals surface area (Å²) >= 11 is 0. The predicted molar refractivity (Wildman–Crippen MR) is 95.5 cm³/mol. The maximum Gasteiger partial charge on any atom is 0.309 e. The third kappa shape index (κ3) is 6.64. The average molecular weight is 317 g/mol. The van der Waals surface area contributed by atoms with Gasteiger partial charge in [0.15, 0.2) is 0 Å². The molecule has 0 amide bonds. The molecule has 128 valence electrons. The summed E-state index contributed by atoms with van der Waals surface area (Å²) in [4.78, 5) is 12.0. The quantitative estimate of drug-likeness (QED) is 0.452. The fraction of sp³-hybridized carbons (Fsp3) is 0.650. The minimum atomic E-state index is 0.0100. The Bertz CT molecular complexity index is 446. The number of hydrogen-bond donors (Lipinski definition) is 1. The highest BCUT2D eigenvalue weighted by atomic mass is 16.6. The smallest absolute Gasteiger partial charge is 0.309 e. The SMILES string of the molecule is CCCCCCCCCC1CC(CNc2ccccc2)OC1=O. The molecule has 0 bridgehead atoms. The predicted octanol–water partition coefficient (Wildman–Crippen LogP) is 5.17. The lowest BCUT2D eigenvalue weighted by Gasteiger charge is -2.11. The largest absolute Gasteiger partial charge is 0.460 e. The summed E-state index contributed by atoms with van der Waals surface area (Å²) in [6, 6.07) is 10.1. The number of esters is 1. The van der Waals surface area contributed by atoms with E-state index in [1.807, 2.05) is 30.3 Å². The average Bonchev–Trinajstić information content (AvgIpc) is 2.93. The lowest BCUT2D eigenvalue weighted by molar-refractivity contribution is -0.144. The van der Waals surface area contributed by atoms with Crippen LogP contribution in [-0.2, 0) is 9.53 Å². The Labute approximate surface area is 140 Å². The Morgan fingerprint density at radius 2 is 1.74 bits per heavy atom. The second-order valence-electron chi connectivity index (χ2n) is 6.65. The Hall–Kier alpha value is -1.51. The molecule has 2 atom stereocenters. The van der Waals surface area contributed by atoms with Gasteiger partial charge in [-0.1, -0.05) is 70.1 Å². The highest BCUT2D eigenvalue weighted by Crippen LogP contribution is 2.26. The summed E-state index contributed by atoms with van der Waals surface area (Å²) in [5.41, 5.74) is 1.08. The molecule has 1 saturated heterocycles. The first-order valence-electron chi connectivity index (χ1n) is 9.29. The Morgan fingerprint density at radius 1 is 1.04 bits per heavy atom. The van der Waals surface area contributed by atoms with Gasteiger partial charge in [0.25, 0.3) is 0 Å². The van der Waals surface area contributed by atoms with Crippen molar-refractivity contribution in [1.82, 2.24) is 0 Å². The molecule has 1 heterocycles. The van der Waals surface area contributed by atoms with Gasteiger partial charge in [0.1, 0.15) is 6.10 Å². The molecule has 2 unspecified atom stereocenters. The highest BCUT2D eigenvalue weighted by Gasteiger charge is 2.33. The lowest BCUT2D eigenvalue weighted by atomic mass is 9.97. The van der Waals surface area contributed by atoms with Crippen LogP contribution in [0.5, 0.6) is 0 Å². The summed E-state index contributed by atoms with van der Waals surface area (Å²) in [5.74, 6) is 0.129. The van der Waals surface area contributed by atoms with Crippen molar-refractivity contribution < 1.29 is 9.53 Å². The van der Waals surface area contributed by atoms with Crippen molar-refractivity contribution in [3.8, 4) is 0 Å². The van der Waals surface area contributed by atoms with Crippen LogP contribution in [0.4, 0.5) is 5.69 Å². The molecule has 1 aliphatic heterocycles. The minimum Gasteiger partial charge on any atom is -0.460 e. The van der Waals surface area contributed by atoms with E-state index in [1.165, 1.54) is 38.5 Å². The molecule has 3 nitrogen and oxygen atoms in total. The van der Waals surface area contributed by atoms with Crippen LogP contribution in [-0.4, -0.2) is 18.6 Å². The summed E-state index contributed by atoms with van der Waals surface area (Å²) < 4.78 is 5.50. The second kappa shape index (κ2) is 10.3. The van der Waals surface area contributed by atoms with Gasteiger partial charge in [0, 0.05) is 5.69 Å². The van der Waals surface area contributed by atoms with Crippen molar-refractivity contribution in [3.63, 3.8) is 0 Å². The van der Waals surface area contributed by atoms with Gasteiger partial charge in [-0.3, -0.25) is 4.79 Å².